The number of rotatable bonds is 5. The molecular formula is C22H28N2O3S. The normalized spacial score (nSPS) is 15.2. The molecule has 0 saturated heterocycles. The second-order valence-corrected chi connectivity index (χ2v) is 9.34. The number of amides is 1. The minimum Gasteiger partial charge on any atom is -0.339 e. The number of carbonyl (C=O) groups excluding carboxylic acids is 1. The van der Waals surface area contributed by atoms with Crippen molar-refractivity contribution in [3.63, 3.8) is 0 Å². The summed E-state index contributed by atoms with van der Waals surface area (Å²) < 4.78 is 28.3. The number of nitrogens with zero attached hydrogens (tertiary/aromatic N) is 1. The Morgan fingerprint density at radius 3 is 2.43 bits per heavy atom. The van der Waals surface area contributed by atoms with Crippen LogP contribution in [0.2, 0.25) is 0 Å². The van der Waals surface area contributed by atoms with E-state index in [1.54, 1.807) is 35.2 Å². The number of carbonyl (C=O) groups is 1. The lowest BCUT2D eigenvalue weighted by molar-refractivity contribution is 0.0695. The van der Waals surface area contributed by atoms with E-state index in [1.807, 2.05) is 27.0 Å². The molecule has 2 aromatic rings. The van der Waals surface area contributed by atoms with Gasteiger partial charge in [-0.1, -0.05) is 37.5 Å². The molecule has 1 saturated carbocycles. The molecule has 0 spiro atoms. The van der Waals surface area contributed by atoms with Crippen LogP contribution in [-0.2, 0) is 10.0 Å². The minimum absolute atomic E-state index is 0.0972. The molecule has 0 bridgehead atoms. The predicted molar refractivity (Wildman–Crippen MR) is 112 cm³/mol. The van der Waals surface area contributed by atoms with Crippen LogP contribution in [0.15, 0.2) is 47.4 Å². The second-order valence-electron chi connectivity index (χ2n) is 7.66. The van der Waals surface area contributed by atoms with Gasteiger partial charge in [0.05, 0.1) is 4.90 Å². The summed E-state index contributed by atoms with van der Waals surface area (Å²) in [4.78, 5) is 14.9. The summed E-state index contributed by atoms with van der Waals surface area (Å²) >= 11 is 0. The Balaban J connectivity index is 1.86. The zero-order valence-corrected chi connectivity index (χ0v) is 17.6. The third kappa shape index (κ3) is 4.55. The van der Waals surface area contributed by atoms with Gasteiger partial charge in [-0.15, -0.1) is 0 Å². The Bertz CT molecular complexity index is 963. The van der Waals surface area contributed by atoms with Crippen molar-refractivity contribution in [1.82, 2.24) is 4.90 Å². The Kier molecular flexibility index (Phi) is 6.08. The van der Waals surface area contributed by atoms with E-state index in [2.05, 4.69) is 4.72 Å². The van der Waals surface area contributed by atoms with Gasteiger partial charge in [-0.3, -0.25) is 9.52 Å². The van der Waals surface area contributed by atoms with E-state index in [9.17, 15) is 13.2 Å². The van der Waals surface area contributed by atoms with Gasteiger partial charge in [0.25, 0.3) is 15.9 Å². The monoisotopic (exact) mass is 400 g/mol. The molecule has 1 aliphatic rings. The first-order chi connectivity index (χ1) is 13.3. The Hall–Kier alpha value is -2.34. The third-order valence-corrected chi connectivity index (χ3v) is 6.84. The highest BCUT2D eigenvalue weighted by atomic mass is 32.2. The first kappa shape index (κ1) is 20.4. The topological polar surface area (TPSA) is 66.5 Å². The third-order valence-electron chi connectivity index (χ3n) is 5.46. The molecule has 1 N–H and O–H groups in total. The molecule has 0 heterocycles. The summed E-state index contributed by atoms with van der Waals surface area (Å²) in [7, 11) is -1.95. The molecule has 5 nitrogen and oxygen atoms in total. The summed E-state index contributed by atoms with van der Waals surface area (Å²) in [6.07, 6.45) is 5.50. The maximum Gasteiger partial charge on any atom is 0.261 e. The maximum atomic E-state index is 13.1. The molecule has 1 aliphatic carbocycles. The van der Waals surface area contributed by atoms with Crippen molar-refractivity contribution in [2.24, 2.45) is 0 Å². The lowest BCUT2D eigenvalue weighted by Gasteiger charge is -2.31. The van der Waals surface area contributed by atoms with E-state index in [4.69, 9.17) is 0 Å². The van der Waals surface area contributed by atoms with Crippen LogP contribution in [0.5, 0.6) is 0 Å². The van der Waals surface area contributed by atoms with Crippen LogP contribution in [0.4, 0.5) is 5.69 Å². The predicted octanol–water partition coefficient (Wildman–Crippen LogP) is 4.51. The Morgan fingerprint density at radius 1 is 1.04 bits per heavy atom. The van der Waals surface area contributed by atoms with Gasteiger partial charge >= 0.3 is 0 Å². The molecule has 6 heteroatoms. The zero-order valence-electron chi connectivity index (χ0n) is 16.7. The van der Waals surface area contributed by atoms with Gasteiger partial charge in [-0.05, 0) is 62.1 Å². The Labute approximate surface area is 167 Å². The quantitative estimate of drug-likeness (QED) is 0.803. The summed E-state index contributed by atoms with van der Waals surface area (Å²) in [5.74, 6) is -0.114. The van der Waals surface area contributed by atoms with Crippen LogP contribution in [0, 0.1) is 13.8 Å². The van der Waals surface area contributed by atoms with Crippen molar-refractivity contribution in [2.45, 2.75) is 56.9 Å². The lowest BCUT2D eigenvalue weighted by atomic mass is 9.94. The van der Waals surface area contributed by atoms with E-state index in [0.717, 1.165) is 36.8 Å². The molecule has 3 rings (SSSR count). The van der Waals surface area contributed by atoms with Crippen molar-refractivity contribution in [2.75, 3.05) is 11.8 Å². The second kappa shape index (κ2) is 8.35. The summed E-state index contributed by atoms with van der Waals surface area (Å²) in [5, 5.41) is 0. The first-order valence-electron chi connectivity index (χ1n) is 9.75. The van der Waals surface area contributed by atoms with Crippen molar-refractivity contribution in [3.8, 4) is 0 Å². The van der Waals surface area contributed by atoms with E-state index >= 15 is 0 Å². The van der Waals surface area contributed by atoms with Crippen molar-refractivity contribution in [3.05, 3.63) is 59.2 Å². The zero-order chi connectivity index (χ0) is 20.3. The van der Waals surface area contributed by atoms with Crippen LogP contribution >= 0.6 is 0 Å². The van der Waals surface area contributed by atoms with Gasteiger partial charge in [-0.25, -0.2) is 8.42 Å². The van der Waals surface area contributed by atoms with Gasteiger partial charge < -0.3 is 4.90 Å². The highest BCUT2D eigenvalue weighted by Crippen LogP contribution is 2.25. The van der Waals surface area contributed by atoms with Crippen LogP contribution in [0.3, 0.4) is 0 Å². The van der Waals surface area contributed by atoms with E-state index in [0.29, 0.717) is 11.3 Å². The van der Waals surface area contributed by atoms with Crippen molar-refractivity contribution >= 4 is 21.6 Å². The fraction of sp³-hybridized carbons (Fsp3) is 0.409. The van der Waals surface area contributed by atoms with E-state index < -0.39 is 10.0 Å². The number of anilines is 1. The van der Waals surface area contributed by atoms with E-state index in [1.165, 1.54) is 12.5 Å². The smallest absolute Gasteiger partial charge is 0.261 e. The molecular weight excluding hydrogens is 372 g/mol. The van der Waals surface area contributed by atoms with Gasteiger partial charge in [0, 0.05) is 24.3 Å². The first-order valence-corrected chi connectivity index (χ1v) is 11.2. The average Bonchev–Trinajstić information content (AvgIpc) is 2.67. The number of hydrogen-bond donors (Lipinski definition) is 1. The summed E-state index contributed by atoms with van der Waals surface area (Å²) in [6.45, 7) is 3.74. The molecule has 2 aromatic carbocycles. The molecule has 1 amide bonds. The molecule has 1 fully saturated rings. The van der Waals surface area contributed by atoms with Gasteiger partial charge in [0.1, 0.15) is 0 Å². The number of aryl methyl sites for hydroxylation is 2. The van der Waals surface area contributed by atoms with Crippen LogP contribution < -0.4 is 4.72 Å². The standard InChI is InChI=1S/C22H28N2O3S/c1-16-8-7-9-18(14-16)23-28(26,27)20-13-12-17(2)21(15-20)22(25)24(3)19-10-5-4-6-11-19/h7-9,12-15,19,23H,4-6,10-11H2,1-3H3. The van der Waals surface area contributed by atoms with Gasteiger partial charge in [0.15, 0.2) is 0 Å². The lowest BCUT2D eigenvalue weighted by Crippen LogP contribution is -2.38. The van der Waals surface area contributed by atoms with Gasteiger partial charge in [0.2, 0.25) is 0 Å². The molecule has 0 atom stereocenters. The maximum absolute atomic E-state index is 13.1. The molecule has 150 valence electrons. The van der Waals surface area contributed by atoms with Crippen molar-refractivity contribution < 1.29 is 13.2 Å². The van der Waals surface area contributed by atoms with Gasteiger partial charge in [-0.2, -0.15) is 0 Å². The van der Waals surface area contributed by atoms with Crippen molar-refractivity contribution in [1.29, 1.82) is 0 Å². The number of nitrogens with one attached hydrogen (secondary N) is 1. The number of benzene rings is 2. The van der Waals surface area contributed by atoms with Crippen LogP contribution in [0.25, 0.3) is 0 Å². The Morgan fingerprint density at radius 2 is 1.75 bits per heavy atom. The average molecular weight is 401 g/mol. The number of sulfonamides is 1. The summed E-state index contributed by atoms with van der Waals surface area (Å²) in [6, 6.07) is 12.2. The molecule has 0 aromatic heterocycles. The highest BCUT2D eigenvalue weighted by molar-refractivity contribution is 7.92. The highest BCUT2D eigenvalue weighted by Gasteiger charge is 2.25. The van der Waals surface area contributed by atoms with Crippen LogP contribution in [0.1, 0.15) is 53.6 Å². The molecule has 0 aliphatic heterocycles. The largest absolute Gasteiger partial charge is 0.339 e. The SMILES string of the molecule is Cc1cccc(NS(=O)(=O)c2ccc(C)c(C(=O)N(C)C3CCCCC3)c2)c1. The summed E-state index contributed by atoms with van der Waals surface area (Å²) in [5.41, 5.74) is 2.70. The molecule has 0 radical (unpaired) electrons. The van der Waals surface area contributed by atoms with Crippen LogP contribution in [-0.4, -0.2) is 32.3 Å². The molecule has 0 unspecified atom stereocenters. The number of hydrogen-bond acceptors (Lipinski definition) is 3. The fourth-order valence-electron chi connectivity index (χ4n) is 3.75. The fourth-order valence-corrected chi connectivity index (χ4v) is 4.82. The van der Waals surface area contributed by atoms with E-state index in [-0.39, 0.29) is 16.8 Å². The minimum atomic E-state index is -3.77. The molecule has 28 heavy (non-hydrogen) atoms.